The van der Waals surface area contributed by atoms with E-state index in [1.807, 2.05) is 20.8 Å². The Morgan fingerprint density at radius 3 is 2.55 bits per heavy atom. The second-order valence-corrected chi connectivity index (χ2v) is 7.05. The smallest absolute Gasteiger partial charge is 0.410 e. The summed E-state index contributed by atoms with van der Waals surface area (Å²) in [6, 6.07) is 0. The van der Waals surface area contributed by atoms with Crippen LogP contribution in [0.25, 0.3) is 0 Å². The molecular formula is C16H29NO3. The molecular weight excluding hydrogens is 254 g/mol. The van der Waals surface area contributed by atoms with Crippen LogP contribution in [0.3, 0.4) is 0 Å². The Balaban J connectivity index is 2.56. The van der Waals surface area contributed by atoms with E-state index in [0.717, 1.165) is 19.4 Å². The Morgan fingerprint density at radius 1 is 1.35 bits per heavy atom. The maximum absolute atomic E-state index is 12.1. The second kappa shape index (κ2) is 6.61. The van der Waals surface area contributed by atoms with Gasteiger partial charge < -0.3 is 14.4 Å². The van der Waals surface area contributed by atoms with Gasteiger partial charge in [0.25, 0.3) is 0 Å². The largest absolute Gasteiger partial charge is 0.444 e. The Morgan fingerprint density at radius 2 is 2.00 bits per heavy atom. The fourth-order valence-electron chi connectivity index (χ4n) is 2.22. The number of ether oxygens (including phenoxy) is 2. The Kier molecular flexibility index (Phi) is 5.63. The third kappa shape index (κ3) is 5.95. The molecule has 0 aliphatic carbocycles. The Labute approximate surface area is 123 Å². The molecule has 20 heavy (non-hydrogen) atoms. The van der Waals surface area contributed by atoms with E-state index < -0.39 is 5.60 Å². The molecule has 0 bridgehead atoms. The summed E-state index contributed by atoms with van der Waals surface area (Å²) in [6.07, 6.45) is 3.75. The van der Waals surface area contributed by atoms with Crippen LogP contribution in [0.5, 0.6) is 0 Å². The molecule has 4 nitrogen and oxygen atoms in total. The summed E-state index contributed by atoms with van der Waals surface area (Å²) in [7, 11) is 0. The van der Waals surface area contributed by atoms with Crippen molar-refractivity contribution in [1.29, 1.82) is 0 Å². The van der Waals surface area contributed by atoms with Crippen LogP contribution in [0, 0.1) is 0 Å². The van der Waals surface area contributed by atoms with Gasteiger partial charge in [-0.1, -0.05) is 11.6 Å². The summed E-state index contributed by atoms with van der Waals surface area (Å²) in [5, 5.41) is 0. The van der Waals surface area contributed by atoms with Gasteiger partial charge in [-0.2, -0.15) is 0 Å². The average Bonchev–Trinajstić information content (AvgIpc) is 2.25. The minimum Gasteiger partial charge on any atom is -0.444 e. The number of amides is 1. The first-order chi connectivity index (χ1) is 9.11. The van der Waals surface area contributed by atoms with E-state index in [0.29, 0.717) is 13.2 Å². The fraction of sp³-hybridized carbons (Fsp3) is 0.812. The molecule has 1 atom stereocenters. The number of nitrogens with zero attached hydrogens (tertiary/aromatic N) is 1. The summed E-state index contributed by atoms with van der Waals surface area (Å²) < 4.78 is 11.4. The molecule has 0 aromatic rings. The number of carbonyl (C=O) groups excluding carboxylic acids is 1. The second-order valence-electron chi connectivity index (χ2n) is 7.05. The number of piperidine rings is 1. The molecule has 0 spiro atoms. The lowest BCUT2D eigenvalue weighted by molar-refractivity contribution is -0.0702. The molecule has 116 valence electrons. The predicted molar refractivity (Wildman–Crippen MR) is 80.8 cm³/mol. The number of hydrogen-bond donors (Lipinski definition) is 0. The number of carbonyl (C=O) groups is 1. The molecule has 1 fully saturated rings. The van der Waals surface area contributed by atoms with Crippen molar-refractivity contribution in [1.82, 2.24) is 4.90 Å². The Bertz CT molecular complexity index is 366. The van der Waals surface area contributed by atoms with Crippen LogP contribution in [-0.2, 0) is 9.47 Å². The number of likely N-dealkylation sites (tertiary alicyclic amines) is 1. The maximum atomic E-state index is 12.1. The lowest BCUT2D eigenvalue weighted by Gasteiger charge is -2.40. The average molecular weight is 283 g/mol. The predicted octanol–water partition coefficient (Wildman–Crippen LogP) is 3.76. The zero-order valence-corrected chi connectivity index (χ0v) is 13.8. The van der Waals surface area contributed by atoms with Crippen molar-refractivity contribution in [3.63, 3.8) is 0 Å². The van der Waals surface area contributed by atoms with E-state index in [1.165, 1.54) is 5.57 Å². The van der Waals surface area contributed by atoms with Crippen molar-refractivity contribution >= 4 is 6.09 Å². The third-order valence-corrected chi connectivity index (χ3v) is 3.23. The first-order valence-corrected chi connectivity index (χ1v) is 7.37. The molecule has 0 aromatic carbocycles. The summed E-state index contributed by atoms with van der Waals surface area (Å²) in [6.45, 7) is 13.8. The van der Waals surface area contributed by atoms with E-state index in [4.69, 9.17) is 9.47 Å². The van der Waals surface area contributed by atoms with Crippen LogP contribution in [-0.4, -0.2) is 41.9 Å². The van der Waals surface area contributed by atoms with E-state index in [-0.39, 0.29) is 11.7 Å². The standard InChI is InChI=1S/C16H29NO3/c1-13(2)8-11-19-16(6)9-7-10-17(12-16)14(18)20-15(3,4)5/h8H,7,9-12H2,1-6H3. The molecule has 0 saturated carbocycles. The topological polar surface area (TPSA) is 38.8 Å². The van der Waals surface area contributed by atoms with Crippen LogP contribution in [0.15, 0.2) is 11.6 Å². The molecule has 1 heterocycles. The van der Waals surface area contributed by atoms with Gasteiger partial charge in [0, 0.05) is 6.54 Å². The van der Waals surface area contributed by atoms with Crippen molar-refractivity contribution in [3.05, 3.63) is 11.6 Å². The van der Waals surface area contributed by atoms with Gasteiger partial charge in [0.2, 0.25) is 0 Å². The van der Waals surface area contributed by atoms with Gasteiger partial charge in [-0.05, 0) is 54.4 Å². The first-order valence-electron chi connectivity index (χ1n) is 7.37. The lowest BCUT2D eigenvalue weighted by Crippen LogP contribution is -2.51. The van der Waals surface area contributed by atoms with Gasteiger partial charge in [-0.25, -0.2) is 4.79 Å². The molecule has 0 N–H and O–H groups in total. The Hall–Kier alpha value is -1.03. The summed E-state index contributed by atoms with van der Waals surface area (Å²) in [5.41, 5.74) is 0.517. The van der Waals surface area contributed by atoms with Crippen LogP contribution in [0.1, 0.15) is 54.4 Å². The quantitative estimate of drug-likeness (QED) is 0.740. The zero-order chi connectivity index (χ0) is 15.4. The van der Waals surface area contributed by atoms with Gasteiger partial charge in [-0.15, -0.1) is 0 Å². The van der Waals surface area contributed by atoms with E-state index in [2.05, 4.69) is 26.8 Å². The van der Waals surface area contributed by atoms with Crippen LogP contribution in [0.4, 0.5) is 4.79 Å². The number of rotatable bonds is 3. The molecule has 0 aromatic heterocycles. The maximum Gasteiger partial charge on any atom is 0.410 e. The molecule has 1 saturated heterocycles. The van der Waals surface area contributed by atoms with Crippen LogP contribution >= 0.6 is 0 Å². The first kappa shape index (κ1) is 17.0. The molecule has 0 radical (unpaired) electrons. The van der Waals surface area contributed by atoms with Crippen LogP contribution < -0.4 is 0 Å². The summed E-state index contributed by atoms with van der Waals surface area (Å²) in [4.78, 5) is 13.9. The third-order valence-electron chi connectivity index (χ3n) is 3.23. The van der Waals surface area contributed by atoms with E-state index in [9.17, 15) is 4.79 Å². The van der Waals surface area contributed by atoms with Gasteiger partial charge in [0.05, 0.1) is 18.8 Å². The molecule has 1 rings (SSSR count). The number of hydrogen-bond acceptors (Lipinski definition) is 3. The molecule has 1 aliphatic heterocycles. The van der Waals surface area contributed by atoms with Gasteiger partial charge >= 0.3 is 6.09 Å². The van der Waals surface area contributed by atoms with Crippen LogP contribution in [0.2, 0.25) is 0 Å². The highest BCUT2D eigenvalue weighted by molar-refractivity contribution is 5.68. The minimum atomic E-state index is -0.451. The van der Waals surface area contributed by atoms with Crippen molar-refractivity contribution in [2.45, 2.75) is 65.6 Å². The van der Waals surface area contributed by atoms with Crippen molar-refractivity contribution in [2.75, 3.05) is 19.7 Å². The SMILES string of the molecule is CC(C)=CCOC1(C)CCCN(C(=O)OC(C)(C)C)C1. The van der Waals surface area contributed by atoms with Gasteiger partial charge in [0.15, 0.2) is 0 Å². The molecule has 1 amide bonds. The lowest BCUT2D eigenvalue weighted by atomic mass is 9.95. The minimum absolute atomic E-state index is 0.241. The van der Waals surface area contributed by atoms with Crippen molar-refractivity contribution in [3.8, 4) is 0 Å². The molecule has 1 unspecified atom stereocenters. The van der Waals surface area contributed by atoms with E-state index >= 15 is 0 Å². The van der Waals surface area contributed by atoms with Gasteiger partial charge in [0.1, 0.15) is 5.60 Å². The molecule has 4 heteroatoms. The van der Waals surface area contributed by atoms with Crippen molar-refractivity contribution in [2.24, 2.45) is 0 Å². The highest BCUT2D eigenvalue weighted by Crippen LogP contribution is 2.26. The van der Waals surface area contributed by atoms with Crippen molar-refractivity contribution < 1.29 is 14.3 Å². The van der Waals surface area contributed by atoms with E-state index in [1.54, 1.807) is 4.90 Å². The normalized spacial score (nSPS) is 23.4. The summed E-state index contributed by atoms with van der Waals surface area (Å²) in [5.74, 6) is 0. The summed E-state index contributed by atoms with van der Waals surface area (Å²) >= 11 is 0. The number of allylic oxidation sites excluding steroid dienone is 1. The fourth-order valence-corrected chi connectivity index (χ4v) is 2.22. The molecule has 1 aliphatic rings. The van der Waals surface area contributed by atoms with Gasteiger partial charge in [-0.3, -0.25) is 0 Å². The highest BCUT2D eigenvalue weighted by atomic mass is 16.6. The zero-order valence-electron chi connectivity index (χ0n) is 13.8. The monoisotopic (exact) mass is 283 g/mol. The highest BCUT2D eigenvalue weighted by Gasteiger charge is 2.35.